The summed E-state index contributed by atoms with van der Waals surface area (Å²) in [7, 11) is -3.69. The van der Waals surface area contributed by atoms with Crippen LogP contribution in [-0.4, -0.2) is 27.4 Å². The Morgan fingerprint density at radius 1 is 0.926 bits per heavy atom. The van der Waals surface area contributed by atoms with E-state index in [9.17, 15) is 13.2 Å². The third kappa shape index (κ3) is 3.28. The molecule has 0 atom stereocenters. The van der Waals surface area contributed by atoms with Crippen molar-refractivity contribution in [2.45, 2.75) is 17.7 Å². The maximum Gasteiger partial charge on any atom is 0.265 e. The predicted molar refractivity (Wildman–Crippen MR) is 106 cm³/mol. The lowest BCUT2D eigenvalue weighted by molar-refractivity contribution is -0.119. The standard InChI is InChI=1S/C21H20N2O3S/c24-20(22-14-6-9-16-7-2-1-3-8-16)15-23-18-12-4-10-17-11-5-13-19(21(17)18)27(23,25)26/h1-5,7-8,10-13H,6,9,14-15H2,(H,22,24). The first-order chi connectivity index (χ1) is 13.1. The molecule has 1 aliphatic heterocycles. The minimum atomic E-state index is -3.69. The number of benzene rings is 3. The fraction of sp³-hybridized carbons (Fsp3) is 0.190. The van der Waals surface area contributed by atoms with Crippen LogP contribution < -0.4 is 9.62 Å². The highest BCUT2D eigenvalue weighted by Crippen LogP contribution is 2.41. The Labute approximate surface area is 158 Å². The average Bonchev–Trinajstić information content (AvgIpc) is 2.90. The van der Waals surface area contributed by atoms with Crippen LogP contribution in [0.3, 0.4) is 0 Å². The van der Waals surface area contributed by atoms with Crippen molar-refractivity contribution >= 4 is 32.4 Å². The van der Waals surface area contributed by atoms with Crippen LogP contribution in [0.2, 0.25) is 0 Å². The first kappa shape index (κ1) is 17.5. The third-order valence-electron chi connectivity index (χ3n) is 4.78. The Kier molecular flexibility index (Phi) is 4.58. The second-order valence-corrected chi connectivity index (χ2v) is 8.41. The molecule has 1 amide bonds. The second-order valence-electron chi connectivity index (χ2n) is 6.58. The largest absolute Gasteiger partial charge is 0.355 e. The summed E-state index contributed by atoms with van der Waals surface area (Å²) in [6.07, 6.45) is 1.67. The number of amides is 1. The van der Waals surface area contributed by atoms with Crippen LogP contribution >= 0.6 is 0 Å². The number of hydrogen-bond acceptors (Lipinski definition) is 3. The molecule has 0 aliphatic carbocycles. The molecular formula is C21H20N2O3S. The van der Waals surface area contributed by atoms with Crippen molar-refractivity contribution < 1.29 is 13.2 Å². The van der Waals surface area contributed by atoms with Crippen molar-refractivity contribution in [3.05, 3.63) is 72.3 Å². The minimum absolute atomic E-state index is 0.207. The molecule has 3 aromatic rings. The summed E-state index contributed by atoms with van der Waals surface area (Å²) in [6.45, 7) is 0.306. The van der Waals surface area contributed by atoms with E-state index in [0.29, 0.717) is 17.6 Å². The first-order valence-electron chi connectivity index (χ1n) is 8.92. The van der Waals surface area contributed by atoms with Crippen molar-refractivity contribution in [3.63, 3.8) is 0 Å². The summed E-state index contributed by atoms with van der Waals surface area (Å²) in [4.78, 5) is 12.6. The van der Waals surface area contributed by atoms with Gasteiger partial charge in [0.25, 0.3) is 10.0 Å². The van der Waals surface area contributed by atoms with Crippen LogP contribution in [0, 0.1) is 0 Å². The van der Waals surface area contributed by atoms with Crippen molar-refractivity contribution in [2.24, 2.45) is 0 Å². The van der Waals surface area contributed by atoms with E-state index in [2.05, 4.69) is 17.4 Å². The molecule has 1 aliphatic rings. The van der Waals surface area contributed by atoms with Gasteiger partial charge < -0.3 is 5.32 Å². The number of hydrogen-bond donors (Lipinski definition) is 1. The number of anilines is 1. The van der Waals surface area contributed by atoms with E-state index in [1.165, 1.54) is 9.87 Å². The van der Waals surface area contributed by atoms with Gasteiger partial charge in [0.05, 0.1) is 10.6 Å². The van der Waals surface area contributed by atoms with E-state index in [0.717, 1.165) is 18.2 Å². The van der Waals surface area contributed by atoms with Crippen LogP contribution in [0.15, 0.2) is 71.6 Å². The van der Waals surface area contributed by atoms with Crippen LogP contribution in [0.5, 0.6) is 0 Å². The van der Waals surface area contributed by atoms with Gasteiger partial charge in [-0.2, -0.15) is 0 Å². The number of carbonyl (C=O) groups is 1. The van der Waals surface area contributed by atoms with Crippen molar-refractivity contribution in [1.82, 2.24) is 5.32 Å². The molecule has 5 nitrogen and oxygen atoms in total. The zero-order chi connectivity index (χ0) is 18.9. The zero-order valence-corrected chi connectivity index (χ0v) is 15.6. The fourth-order valence-electron chi connectivity index (χ4n) is 3.48. The summed E-state index contributed by atoms with van der Waals surface area (Å²) in [5.41, 5.74) is 1.79. The molecule has 138 valence electrons. The van der Waals surface area contributed by atoms with Crippen LogP contribution in [0.1, 0.15) is 12.0 Å². The number of carbonyl (C=O) groups excluding carboxylic acids is 1. The summed E-state index contributed by atoms with van der Waals surface area (Å²) in [5.74, 6) is -0.295. The first-order valence-corrected chi connectivity index (χ1v) is 10.4. The monoisotopic (exact) mass is 380 g/mol. The predicted octanol–water partition coefficient (Wildman–Crippen LogP) is 3.10. The highest BCUT2D eigenvalue weighted by Gasteiger charge is 2.36. The van der Waals surface area contributed by atoms with E-state index in [4.69, 9.17) is 0 Å². The number of rotatable bonds is 6. The Hall–Kier alpha value is -2.86. The maximum atomic E-state index is 12.9. The summed E-state index contributed by atoms with van der Waals surface area (Å²) >= 11 is 0. The molecule has 1 N–H and O–H groups in total. The van der Waals surface area contributed by atoms with Gasteiger partial charge >= 0.3 is 0 Å². The van der Waals surface area contributed by atoms with Gasteiger partial charge in [0.15, 0.2) is 0 Å². The smallest absolute Gasteiger partial charge is 0.265 e. The van der Waals surface area contributed by atoms with Gasteiger partial charge in [-0.25, -0.2) is 8.42 Å². The van der Waals surface area contributed by atoms with Crippen LogP contribution in [0.25, 0.3) is 10.8 Å². The lowest BCUT2D eigenvalue weighted by Crippen LogP contribution is -2.39. The summed E-state index contributed by atoms with van der Waals surface area (Å²) in [5, 5.41) is 4.38. The zero-order valence-electron chi connectivity index (χ0n) is 14.8. The molecule has 0 unspecified atom stereocenters. The Morgan fingerprint density at radius 3 is 2.44 bits per heavy atom. The SMILES string of the molecule is O=C(CN1c2cccc3cccc(c23)S1(=O)=O)NCCCc1ccccc1. The van der Waals surface area contributed by atoms with Crippen LogP contribution in [0.4, 0.5) is 5.69 Å². The van der Waals surface area contributed by atoms with Gasteiger partial charge in [0, 0.05) is 11.9 Å². The van der Waals surface area contributed by atoms with Gasteiger partial charge in [-0.15, -0.1) is 0 Å². The van der Waals surface area contributed by atoms with Gasteiger partial charge in [0.2, 0.25) is 5.91 Å². The lowest BCUT2D eigenvalue weighted by atomic mass is 10.1. The van der Waals surface area contributed by atoms with Crippen molar-refractivity contribution in [2.75, 3.05) is 17.4 Å². The number of nitrogens with one attached hydrogen (secondary N) is 1. The number of nitrogens with zero attached hydrogens (tertiary/aromatic N) is 1. The molecule has 0 fully saturated rings. The molecule has 0 saturated heterocycles. The average molecular weight is 380 g/mol. The molecule has 6 heteroatoms. The molecule has 3 aromatic carbocycles. The highest BCUT2D eigenvalue weighted by atomic mass is 32.2. The molecule has 1 heterocycles. The van der Waals surface area contributed by atoms with Gasteiger partial charge in [-0.1, -0.05) is 54.6 Å². The molecule has 0 aromatic heterocycles. The normalized spacial score (nSPS) is 14.4. The molecule has 0 bridgehead atoms. The maximum absolute atomic E-state index is 12.9. The van der Waals surface area contributed by atoms with E-state index >= 15 is 0 Å². The van der Waals surface area contributed by atoms with Gasteiger partial charge in [-0.05, 0) is 35.9 Å². The number of sulfonamides is 1. The van der Waals surface area contributed by atoms with Crippen LogP contribution in [-0.2, 0) is 21.2 Å². The van der Waals surface area contributed by atoms with Crippen molar-refractivity contribution in [1.29, 1.82) is 0 Å². The fourth-order valence-corrected chi connectivity index (χ4v) is 5.15. The van der Waals surface area contributed by atoms with E-state index in [1.807, 2.05) is 36.4 Å². The molecule has 0 spiro atoms. The third-order valence-corrected chi connectivity index (χ3v) is 6.58. The Bertz CT molecular complexity index is 1090. The molecular weight excluding hydrogens is 360 g/mol. The molecule has 27 heavy (non-hydrogen) atoms. The quantitative estimate of drug-likeness (QED) is 0.668. The molecule has 0 saturated carbocycles. The van der Waals surface area contributed by atoms with Crippen molar-refractivity contribution in [3.8, 4) is 0 Å². The van der Waals surface area contributed by atoms with E-state index in [1.54, 1.807) is 18.2 Å². The van der Waals surface area contributed by atoms with Gasteiger partial charge in [0.1, 0.15) is 6.54 Å². The lowest BCUT2D eigenvalue weighted by Gasteiger charge is -2.18. The highest BCUT2D eigenvalue weighted by molar-refractivity contribution is 7.93. The summed E-state index contributed by atoms with van der Waals surface area (Å²) < 4.78 is 26.9. The van der Waals surface area contributed by atoms with E-state index in [-0.39, 0.29) is 17.3 Å². The summed E-state index contributed by atoms with van der Waals surface area (Å²) in [6, 6.07) is 20.7. The Morgan fingerprint density at radius 2 is 1.67 bits per heavy atom. The number of aryl methyl sites for hydroxylation is 1. The van der Waals surface area contributed by atoms with Gasteiger partial charge in [-0.3, -0.25) is 9.10 Å². The van der Waals surface area contributed by atoms with E-state index < -0.39 is 10.0 Å². The topological polar surface area (TPSA) is 66.5 Å². The Balaban J connectivity index is 1.42. The minimum Gasteiger partial charge on any atom is -0.355 e. The molecule has 4 rings (SSSR count). The second kappa shape index (κ2) is 7.04. The molecule has 0 radical (unpaired) electrons.